The van der Waals surface area contributed by atoms with Crippen molar-refractivity contribution in [3.8, 4) is 0 Å². The SMILES string of the molecule is NCC1(Cc2nc(C3CCCO3)no2)CCCCC1. The Morgan fingerprint density at radius 3 is 2.74 bits per heavy atom. The van der Waals surface area contributed by atoms with Crippen LogP contribution in [0.2, 0.25) is 0 Å². The van der Waals surface area contributed by atoms with Crippen molar-refractivity contribution in [2.45, 2.75) is 57.5 Å². The summed E-state index contributed by atoms with van der Waals surface area (Å²) in [7, 11) is 0. The number of rotatable bonds is 4. The first-order chi connectivity index (χ1) is 9.31. The first-order valence-corrected chi connectivity index (χ1v) is 7.45. The molecular formula is C14H23N3O2. The van der Waals surface area contributed by atoms with Gasteiger partial charge in [0, 0.05) is 13.0 Å². The van der Waals surface area contributed by atoms with E-state index in [1.807, 2.05) is 0 Å². The third kappa shape index (κ3) is 2.82. The van der Waals surface area contributed by atoms with Crippen LogP contribution in [0.25, 0.3) is 0 Å². The number of nitrogens with two attached hydrogens (primary N) is 1. The highest BCUT2D eigenvalue weighted by atomic mass is 16.5. The second-order valence-corrected chi connectivity index (χ2v) is 5.99. The van der Waals surface area contributed by atoms with Gasteiger partial charge in [-0.1, -0.05) is 24.4 Å². The van der Waals surface area contributed by atoms with Crippen LogP contribution in [0.4, 0.5) is 0 Å². The van der Waals surface area contributed by atoms with Gasteiger partial charge in [0.05, 0.1) is 0 Å². The highest BCUT2D eigenvalue weighted by molar-refractivity contribution is 4.98. The van der Waals surface area contributed by atoms with Gasteiger partial charge in [-0.15, -0.1) is 0 Å². The molecule has 2 N–H and O–H groups in total. The van der Waals surface area contributed by atoms with E-state index in [1.165, 1.54) is 32.1 Å². The van der Waals surface area contributed by atoms with Gasteiger partial charge in [0.2, 0.25) is 11.7 Å². The second kappa shape index (κ2) is 5.59. The van der Waals surface area contributed by atoms with Crippen molar-refractivity contribution in [3.05, 3.63) is 11.7 Å². The van der Waals surface area contributed by atoms with Gasteiger partial charge in [0.1, 0.15) is 6.10 Å². The van der Waals surface area contributed by atoms with Crippen LogP contribution < -0.4 is 5.73 Å². The normalized spacial score (nSPS) is 26.7. The fourth-order valence-electron chi connectivity index (χ4n) is 3.33. The minimum absolute atomic E-state index is 0.0395. The molecule has 1 saturated heterocycles. The molecule has 0 amide bonds. The standard InChI is InChI=1S/C14H23N3O2/c15-10-14(6-2-1-3-7-14)9-12-16-13(17-19-12)11-5-4-8-18-11/h11H,1-10,15H2. The van der Waals surface area contributed by atoms with Crippen LogP contribution in [0.1, 0.15) is 62.8 Å². The number of aromatic nitrogens is 2. The summed E-state index contributed by atoms with van der Waals surface area (Å²) >= 11 is 0. The van der Waals surface area contributed by atoms with E-state index in [0.29, 0.717) is 6.54 Å². The largest absolute Gasteiger partial charge is 0.370 e. The highest BCUT2D eigenvalue weighted by Crippen LogP contribution is 2.38. The van der Waals surface area contributed by atoms with Gasteiger partial charge in [-0.25, -0.2) is 0 Å². The second-order valence-electron chi connectivity index (χ2n) is 5.99. The quantitative estimate of drug-likeness (QED) is 0.904. The zero-order chi connectivity index (χ0) is 13.1. The smallest absolute Gasteiger partial charge is 0.227 e. The van der Waals surface area contributed by atoms with Crippen LogP contribution in [-0.4, -0.2) is 23.3 Å². The number of hydrogen-bond donors (Lipinski definition) is 1. The van der Waals surface area contributed by atoms with E-state index in [9.17, 15) is 0 Å². The molecule has 19 heavy (non-hydrogen) atoms. The van der Waals surface area contributed by atoms with Gasteiger partial charge in [0.25, 0.3) is 0 Å². The third-order valence-electron chi connectivity index (χ3n) is 4.57. The molecule has 3 rings (SSSR count). The Bertz CT molecular complexity index is 407. The van der Waals surface area contributed by atoms with Gasteiger partial charge in [-0.05, 0) is 37.6 Å². The molecule has 1 aromatic heterocycles. The lowest BCUT2D eigenvalue weighted by molar-refractivity contribution is 0.103. The maximum absolute atomic E-state index is 6.00. The maximum Gasteiger partial charge on any atom is 0.227 e. The fourth-order valence-corrected chi connectivity index (χ4v) is 3.33. The number of nitrogens with zero attached hydrogens (tertiary/aromatic N) is 2. The molecule has 106 valence electrons. The van der Waals surface area contributed by atoms with Crippen LogP contribution in [0.3, 0.4) is 0 Å². The Hall–Kier alpha value is -0.940. The van der Waals surface area contributed by atoms with Crippen molar-refractivity contribution in [1.82, 2.24) is 10.1 Å². The van der Waals surface area contributed by atoms with Crippen LogP contribution >= 0.6 is 0 Å². The van der Waals surface area contributed by atoms with Gasteiger partial charge in [-0.2, -0.15) is 4.98 Å². The minimum atomic E-state index is 0.0395. The van der Waals surface area contributed by atoms with E-state index in [2.05, 4.69) is 10.1 Å². The molecular weight excluding hydrogens is 242 g/mol. The van der Waals surface area contributed by atoms with E-state index in [-0.39, 0.29) is 11.5 Å². The zero-order valence-corrected chi connectivity index (χ0v) is 11.4. The molecule has 1 unspecified atom stereocenters. The third-order valence-corrected chi connectivity index (χ3v) is 4.57. The highest BCUT2D eigenvalue weighted by Gasteiger charge is 2.33. The minimum Gasteiger partial charge on any atom is -0.370 e. The average molecular weight is 265 g/mol. The molecule has 5 nitrogen and oxygen atoms in total. The fraction of sp³-hybridized carbons (Fsp3) is 0.857. The molecule has 2 heterocycles. The molecule has 1 aromatic rings. The van der Waals surface area contributed by atoms with Gasteiger partial charge in [-0.3, -0.25) is 0 Å². The molecule has 0 aromatic carbocycles. The molecule has 0 radical (unpaired) electrons. The maximum atomic E-state index is 6.00. The molecule has 1 saturated carbocycles. The van der Waals surface area contributed by atoms with Crippen molar-refractivity contribution in [2.75, 3.05) is 13.2 Å². The van der Waals surface area contributed by atoms with Crippen LogP contribution in [0.5, 0.6) is 0 Å². The number of hydrogen-bond acceptors (Lipinski definition) is 5. The summed E-state index contributed by atoms with van der Waals surface area (Å²) < 4.78 is 11.0. The lowest BCUT2D eigenvalue weighted by Gasteiger charge is -2.34. The van der Waals surface area contributed by atoms with Gasteiger partial charge >= 0.3 is 0 Å². The molecule has 1 aliphatic heterocycles. The Kier molecular flexibility index (Phi) is 3.84. The van der Waals surface area contributed by atoms with E-state index < -0.39 is 0 Å². The first kappa shape index (κ1) is 13.1. The predicted octanol–water partition coefficient (Wildman–Crippen LogP) is 2.37. The summed E-state index contributed by atoms with van der Waals surface area (Å²) in [6.45, 7) is 1.52. The summed E-state index contributed by atoms with van der Waals surface area (Å²) in [6, 6.07) is 0. The Morgan fingerprint density at radius 1 is 1.21 bits per heavy atom. The van der Waals surface area contributed by atoms with E-state index in [0.717, 1.165) is 37.6 Å². The van der Waals surface area contributed by atoms with E-state index in [4.69, 9.17) is 15.0 Å². The van der Waals surface area contributed by atoms with E-state index >= 15 is 0 Å². The van der Waals surface area contributed by atoms with Crippen molar-refractivity contribution in [3.63, 3.8) is 0 Å². The summed E-state index contributed by atoms with van der Waals surface area (Å²) in [4.78, 5) is 4.52. The average Bonchev–Trinajstić information content (AvgIpc) is 3.10. The van der Waals surface area contributed by atoms with Gasteiger partial charge in [0.15, 0.2) is 0 Å². The Morgan fingerprint density at radius 2 is 2.05 bits per heavy atom. The van der Waals surface area contributed by atoms with Crippen LogP contribution in [0, 0.1) is 5.41 Å². The molecule has 0 bridgehead atoms. The van der Waals surface area contributed by atoms with Gasteiger partial charge < -0.3 is 15.0 Å². The van der Waals surface area contributed by atoms with Crippen molar-refractivity contribution in [2.24, 2.45) is 11.1 Å². The Balaban J connectivity index is 1.68. The topological polar surface area (TPSA) is 74.2 Å². The molecule has 0 spiro atoms. The van der Waals surface area contributed by atoms with Crippen LogP contribution in [-0.2, 0) is 11.2 Å². The Labute approximate surface area is 113 Å². The number of ether oxygens (including phenoxy) is 1. The monoisotopic (exact) mass is 265 g/mol. The van der Waals surface area contributed by atoms with Crippen LogP contribution in [0.15, 0.2) is 4.52 Å². The zero-order valence-electron chi connectivity index (χ0n) is 11.4. The summed E-state index contributed by atoms with van der Waals surface area (Å²) in [6.07, 6.45) is 9.17. The molecule has 1 atom stereocenters. The van der Waals surface area contributed by atoms with Crippen molar-refractivity contribution >= 4 is 0 Å². The van der Waals surface area contributed by atoms with E-state index in [1.54, 1.807) is 0 Å². The molecule has 2 aliphatic rings. The summed E-state index contributed by atoms with van der Waals surface area (Å²) in [5.74, 6) is 1.45. The first-order valence-electron chi connectivity index (χ1n) is 7.45. The predicted molar refractivity (Wildman–Crippen MR) is 70.5 cm³/mol. The molecule has 1 aliphatic carbocycles. The van der Waals surface area contributed by atoms with Crippen molar-refractivity contribution in [1.29, 1.82) is 0 Å². The van der Waals surface area contributed by atoms with Crippen molar-refractivity contribution < 1.29 is 9.26 Å². The molecule has 2 fully saturated rings. The lowest BCUT2D eigenvalue weighted by Crippen LogP contribution is -2.35. The molecule has 5 heteroatoms. The summed E-state index contributed by atoms with van der Waals surface area (Å²) in [5, 5.41) is 4.08. The summed E-state index contributed by atoms with van der Waals surface area (Å²) in [5.41, 5.74) is 6.18. The lowest BCUT2D eigenvalue weighted by atomic mass is 9.72.